The first-order chi connectivity index (χ1) is 11.0. The van der Waals surface area contributed by atoms with Gasteiger partial charge >= 0.3 is 0 Å². The van der Waals surface area contributed by atoms with Crippen LogP contribution < -0.4 is 4.74 Å². The van der Waals surface area contributed by atoms with Crippen molar-refractivity contribution >= 4 is 5.57 Å². The summed E-state index contributed by atoms with van der Waals surface area (Å²) in [6, 6.07) is 11.6. The molecular weight excluding hydrogens is 287 g/mol. The molecule has 2 unspecified atom stereocenters. The van der Waals surface area contributed by atoms with E-state index in [0.717, 1.165) is 24.2 Å². The van der Waals surface area contributed by atoms with Gasteiger partial charge in [-0.2, -0.15) is 0 Å². The van der Waals surface area contributed by atoms with E-state index >= 15 is 0 Å². The summed E-state index contributed by atoms with van der Waals surface area (Å²) in [5.41, 5.74) is 6.48. The van der Waals surface area contributed by atoms with Gasteiger partial charge in [0.05, 0.1) is 7.11 Å². The average molecular weight is 308 g/mol. The number of halogens is 1. The Balaban J connectivity index is 1.87. The molecule has 0 amide bonds. The second kappa shape index (κ2) is 4.95. The molecule has 0 fully saturated rings. The maximum atomic E-state index is 13.6. The van der Waals surface area contributed by atoms with E-state index in [0.29, 0.717) is 5.92 Å². The van der Waals surface area contributed by atoms with Crippen molar-refractivity contribution in [2.75, 3.05) is 7.11 Å². The summed E-state index contributed by atoms with van der Waals surface area (Å²) in [5.74, 6) is 1.12. The average Bonchev–Trinajstić information content (AvgIpc) is 2.71. The van der Waals surface area contributed by atoms with Gasteiger partial charge in [0, 0.05) is 5.41 Å². The van der Waals surface area contributed by atoms with Crippen molar-refractivity contribution in [3.8, 4) is 5.75 Å². The summed E-state index contributed by atoms with van der Waals surface area (Å²) in [7, 11) is 1.71. The Morgan fingerprint density at radius 2 is 1.87 bits per heavy atom. The predicted octanol–water partition coefficient (Wildman–Crippen LogP) is 5.14. The largest absolute Gasteiger partial charge is 0.497 e. The molecular formula is C21H21FO. The highest BCUT2D eigenvalue weighted by Crippen LogP contribution is 2.52. The molecule has 0 heterocycles. The van der Waals surface area contributed by atoms with E-state index in [1.807, 2.05) is 12.1 Å². The van der Waals surface area contributed by atoms with Gasteiger partial charge in [-0.1, -0.05) is 32.1 Å². The Labute approximate surface area is 136 Å². The number of ether oxygens (including phenoxy) is 1. The van der Waals surface area contributed by atoms with E-state index < -0.39 is 0 Å². The topological polar surface area (TPSA) is 9.23 Å². The Hall–Kier alpha value is -2.09. The monoisotopic (exact) mass is 308 g/mol. The number of benzene rings is 2. The van der Waals surface area contributed by atoms with Crippen molar-refractivity contribution in [3.05, 3.63) is 70.5 Å². The molecule has 2 heteroatoms. The van der Waals surface area contributed by atoms with Gasteiger partial charge in [-0.15, -0.1) is 0 Å². The molecule has 118 valence electrons. The van der Waals surface area contributed by atoms with Gasteiger partial charge in [-0.3, -0.25) is 0 Å². The number of hydrogen-bond donors (Lipinski definition) is 0. The molecule has 2 aliphatic carbocycles. The lowest BCUT2D eigenvalue weighted by Crippen LogP contribution is -2.18. The van der Waals surface area contributed by atoms with E-state index in [9.17, 15) is 4.39 Å². The molecule has 0 N–H and O–H groups in total. The first-order valence-electron chi connectivity index (χ1n) is 8.18. The molecule has 2 atom stereocenters. The highest BCUT2D eigenvalue weighted by molar-refractivity contribution is 5.79. The molecule has 0 spiro atoms. The minimum absolute atomic E-state index is 0.0298. The molecule has 0 aromatic heterocycles. The zero-order valence-electron chi connectivity index (χ0n) is 13.8. The molecule has 2 aromatic rings. The summed E-state index contributed by atoms with van der Waals surface area (Å²) in [5, 5.41) is 0. The number of fused-ring (bicyclic) bond motifs is 4. The van der Waals surface area contributed by atoms with E-state index in [1.165, 1.54) is 22.3 Å². The van der Waals surface area contributed by atoms with Crippen LogP contribution in [0.3, 0.4) is 0 Å². The standard InChI is InChI=1S/C21H21FO/c1-13-8-20-19-6-4-16(22)9-14(19)11-21(20,2)12-15-10-17(23-3)5-7-18(13)15/h4-10,13H,11-12H2,1-3H3. The number of rotatable bonds is 1. The van der Waals surface area contributed by atoms with Crippen molar-refractivity contribution in [2.45, 2.75) is 32.6 Å². The molecule has 4 rings (SSSR count). The van der Waals surface area contributed by atoms with E-state index in [-0.39, 0.29) is 11.2 Å². The van der Waals surface area contributed by atoms with E-state index in [1.54, 1.807) is 19.2 Å². The fourth-order valence-electron chi connectivity index (χ4n) is 4.33. The van der Waals surface area contributed by atoms with Gasteiger partial charge in [0.2, 0.25) is 0 Å². The molecule has 0 radical (unpaired) electrons. The van der Waals surface area contributed by atoms with Crippen LogP contribution in [0.4, 0.5) is 4.39 Å². The zero-order valence-corrected chi connectivity index (χ0v) is 13.8. The van der Waals surface area contributed by atoms with Crippen molar-refractivity contribution in [1.29, 1.82) is 0 Å². The number of methoxy groups -OCH3 is 1. The van der Waals surface area contributed by atoms with Gasteiger partial charge in [0.15, 0.2) is 0 Å². The third-order valence-electron chi connectivity index (χ3n) is 5.43. The molecule has 0 saturated carbocycles. The van der Waals surface area contributed by atoms with Crippen LogP contribution in [0.15, 0.2) is 42.5 Å². The van der Waals surface area contributed by atoms with Crippen LogP contribution in [-0.2, 0) is 12.8 Å². The fourth-order valence-corrected chi connectivity index (χ4v) is 4.33. The summed E-state index contributed by atoms with van der Waals surface area (Å²) >= 11 is 0. The summed E-state index contributed by atoms with van der Waals surface area (Å²) in [6.45, 7) is 4.55. The molecule has 2 aliphatic rings. The quantitative estimate of drug-likeness (QED) is 0.709. The molecule has 1 nitrogen and oxygen atoms in total. The van der Waals surface area contributed by atoms with Crippen molar-refractivity contribution in [2.24, 2.45) is 5.41 Å². The Morgan fingerprint density at radius 3 is 2.65 bits per heavy atom. The highest BCUT2D eigenvalue weighted by Gasteiger charge is 2.40. The molecule has 0 aliphatic heterocycles. The summed E-state index contributed by atoms with van der Waals surface area (Å²) in [4.78, 5) is 0. The lowest BCUT2D eigenvalue weighted by Gasteiger charge is -2.25. The Bertz CT molecular complexity index is 821. The predicted molar refractivity (Wildman–Crippen MR) is 91.3 cm³/mol. The normalized spacial score (nSPS) is 25.0. The summed E-state index contributed by atoms with van der Waals surface area (Å²) in [6.07, 6.45) is 4.24. The van der Waals surface area contributed by atoms with Crippen LogP contribution in [0.1, 0.15) is 42.0 Å². The van der Waals surface area contributed by atoms with Gasteiger partial charge in [0.1, 0.15) is 11.6 Å². The SMILES string of the molecule is COc1ccc2c(c1)CC1(C)Cc3cc(F)ccc3C1=CC2C. The lowest BCUT2D eigenvalue weighted by atomic mass is 9.78. The third-order valence-corrected chi connectivity index (χ3v) is 5.43. The van der Waals surface area contributed by atoms with Gasteiger partial charge in [-0.25, -0.2) is 4.39 Å². The Kier molecular flexibility index (Phi) is 3.12. The van der Waals surface area contributed by atoms with Crippen LogP contribution in [0.25, 0.3) is 5.57 Å². The van der Waals surface area contributed by atoms with Gasteiger partial charge < -0.3 is 4.74 Å². The van der Waals surface area contributed by atoms with Crippen LogP contribution in [0.2, 0.25) is 0 Å². The number of hydrogen-bond acceptors (Lipinski definition) is 1. The van der Waals surface area contributed by atoms with Crippen LogP contribution >= 0.6 is 0 Å². The minimum Gasteiger partial charge on any atom is -0.497 e. The first kappa shape index (κ1) is 14.5. The van der Waals surface area contributed by atoms with E-state index in [4.69, 9.17) is 4.74 Å². The Morgan fingerprint density at radius 1 is 1.09 bits per heavy atom. The molecule has 0 saturated heterocycles. The maximum Gasteiger partial charge on any atom is 0.123 e. The second-order valence-electron chi connectivity index (χ2n) is 7.15. The van der Waals surface area contributed by atoms with Crippen LogP contribution in [-0.4, -0.2) is 7.11 Å². The van der Waals surface area contributed by atoms with Crippen molar-refractivity contribution < 1.29 is 9.13 Å². The summed E-state index contributed by atoms with van der Waals surface area (Å²) < 4.78 is 19.0. The van der Waals surface area contributed by atoms with Crippen LogP contribution in [0.5, 0.6) is 5.75 Å². The van der Waals surface area contributed by atoms with Gasteiger partial charge in [0.25, 0.3) is 0 Å². The van der Waals surface area contributed by atoms with Crippen LogP contribution in [0, 0.1) is 11.2 Å². The molecule has 23 heavy (non-hydrogen) atoms. The second-order valence-corrected chi connectivity index (χ2v) is 7.15. The highest BCUT2D eigenvalue weighted by atomic mass is 19.1. The van der Waals surface area contributed by atoms with E-state index in [2.05, 4.69) is 32.1 Å². The third kappa shape index (κ3) is 2.20. The minimum atomic E-state index is -0.139. The van der Waals surface area contributed by atoms with Gasteiger partial charge in [-0.05, 0) is 70.9 Å². The molecule has 0 bridgehead atoms. The van der Waals surface area contributed by atoms with Crippen molar-refractivity contribution in [1.82, 2.24) is 0 Å². The lowest BCUT2D eigenvalue weighted by molar-refractivity contribution is 0.412. The number of allylic oxidation sites excluding steroid dienone is 2. The smallest absolute Gasteiger partial charge is 0.123 e. The maximum absolute atomic E-state index is 13.6. The fraction of sp³-hybridized carbons (Fsp3) is 0.333. The molecule has 2 aromatic carbocycles. The zero-order chi connectivity index (χ0) is 16.2. The first-order valence-corrected chi connectivity index (χ1v) is 8.18. The van der Waals surface area contributed by atoms with Crippen molar-refractivity contribution in [3.63, 3.8) is 0 Å².